The number of fused-ring (bicyclic) bond motifs is 3. The van der Waals surface area contributed by atoms with Crippen LogP contribution in [-0.2, 0) is 20.9 Å². The van der Waals surface area contributed by atoms with E-state index < -0.39 is 17.3 Å². The smallest absolute Gasteiger partial charge is 0.272 e. The molecule has 6 rings (SSSR count). The number of amides is 1. The molecule has 242 valence electrons. The minimum atomic E-state index is -1.74. The number of aliphatic imine (C=N–C) groups is 2. The predicted octanol–water partition coefficient (Wildman–Crippen LogP) is 5.19. The van der Waals surface area contributed by atoms with Crippen LogP contribution in [-0.4, -0.2) is 69.7 Å². The lowest BCUT2D eigenvalue weighted by atomic mass is 9.69. The molecule has 0 aromatic carbocycles. The maximum Gasteiger partial charge on any atom is 0.272 e. The summed E-state index contributed by atoms with van der Waals surface area (Å²) in [7, 11) is 0. The molecular formula is C33H51N7O3S. The topological polar surface area (TPSA) is 117 Å². The largest absolute Gasteiger partial charge is 0.587 e. The van der Waals surface area contributed by atoms with Gasteiger partial charge in [-0.05, 0) is 114 Å². The molecule has 10 nitrogen and oxygen atoms in total. The van der Waals surface area contributed by atoms with E-state index in [0.29, 0.717) is 35.1 Å². The van der Waals surface area contributed by atoms with Crippen molar-refractivity contribution in [2.24, 2.45) is 38.3 Å². The third kappa shape index (κ3) is 6.69. The summed E-state index contributed by atoms with van der Waals surface area (Å²) in [6.45, 7) is 11.6. The molecular weight excluding hydrogens is 574 g/mol. The average molecular weight is 626 g/mol. The monoisotopic (exact) mass is 625 g/mol. The van der Waals surface area contributed by atoms with Crippen LogP contribution in [0.2, 0.25) is 0 Å². The molecule has 44 heavy (non-hydrogen) atoms. The first-order chi connectivity index (χ1) is 21.2. The van der Waals surface area contributed by atoms with E-state index in [0.717, 1.165) is 88.1 Å². The Hall–Kier alpha value is -2.53. The molecule has 3 unspecified atom stereocenters. The van der Waals surface area contributed by atoms with E-state index in [9.17, 15) is 9.35 Å². The zero-order valence-electron chi connectivity index (χ0n) is 27.1. The summed E-state index contributed by atoms with van der Waals surface area (Å²) in [5.41, 5.74) is 0.496. The van der Waals surface area contributed by atoms with Crippen molar-refractivity contribution < 1.29 is 14.1 Å². The van der Waals surface area contributed by atoms with Gasteiger partial charge in [0.1, 0.15) is 28.9 Å². The highest BCUT2D eigenvalue weighted by Crippen LogP contribution is 2.65. The van der Waals surface area contributed by atoms with Crippen LogP contribution in [0.15, 0.2) is 38.1 Å². The molecule has 1 spiro atoms. The number of hydrogen-bond acceptors (Lipinski definition) is 8. The van der Waals surface area contributed by atoms with Crippen LogP contribution in [0.25, 0.3) is 0 Å². The number of hydrazone groups is 1. The lowest BCUT2D eigenvalue weighted by Crippen LogP contribution is -2.50. The van der Waals surface area contributed by atoms with E-state index >= 15 is 0 Å². The number of amidine groups is 2. The number of carbonyl (C=O) groups excluding carboxylic acids is 1. The van der Waals surface area contributed by atoms with Crippen LogP contribution >= 0.6 is 0 Å². The van der Waals surface area contributed by atoms with Crippen molar-refractivity contribution in [1.29, 1.82) is 0 Å². The Labute approximate surface area is 266 Å². The van der Waals surface area contributed by atoms with Gasteiger partial charge in [-0.25, -0.2) is 10.0 Å². The van der Waals surface area contributed by atoms with Crippen molar-refractivity contribution in [3.8, 4) is 0 Å². The van der Waals surface area contributed by atoms with E-state index in [4.69, 9.17) is 14.8 Å². The average Bonchev–Trinajstić information content (AvgIpc) is 3.62. The standard InChI is InChI=1S/C33H51N7O3S/c1-5-25-30(36-27(6-2)40-19-13-28(37-40)43-20-14-24-12-15-33(24)16-17-33)39-22-23(21-32(39,3)4)9-8-18-34-26-10-7-11-29(35-26)44(42)38-31(25)41/h6,11,23-25H,5,7-10,12-22H2,1-4H3,(H,34,35)(H,38,41)/b27-6+,36-30+/t23-,24?,25?,44?/m0/s1. The summed E-state index contributed by atoms with van der Waals surface area (Å²) >= 11 is -1.74. The summed E-state index contributed by atoms with van der Waals surface area (Å²) in [5, 5.41) is 10.6. The van der Waals surface area contributed by atoms with Crippen molar-refractivity contribution in [3.63, 3.8) is 0 Å². The highest BCUT2D eigenvalue weighted by Gasteiger charge is 2.54. The van der Waals surface area contributed by atoms with E-state index in [-0.39, 0.29) is 11.4 Å². The molecule has 0 aromatic heterocycles. The molecule has 11 heteroatoms. The predicted molar refractivity (Wildman–Crippen MR) is 176 cm³/mol. The molecule has 4 aliphatic heterocycles. The first-order valence-electron chi connectivity index (χ1n) is 17.0. The lowest BCUT2D eigenvalue weighted by molar-refractivity contribution is -0.121. The number of nitrogens with one attached hydrogen (secondary N) is 2. The van der Waals surface area contributed by atoms with Crippen LogP contribution in [0.5, 0.6) is 0 Å². The normalized spacial score (nSPS) is 32.6. The van der Waals surface area contributed by atoms with Gasteiger partial charge in [-0.3, -0.25) is 4.79 Å². The van der Waals surface area contributed by atoms with Gasteiger partial charge < -0.3 is 19.5 Å². The molecule has 4 atom stereocenters. The molecule has 2 N–H and O–H groups in total. The van der Waals surface area contributed by atoms with E-state index in [1.165, 1.54) is 25.7 Å². The summed E-state index contributed by atoms with van der Waals surface area (Å²) in [4.78, 5) is 26.0. The molecule has 3 fully saturated rings. The van der Waals surface area contributed by atoms with Gasteiger partial charge in [0.05, 0.1) is 19.1 Å². The molecule has 6 aliphatic rings. The van der Waals surface area contributed by atoms with Gasteiger partial charge >= 0.3 is 0 Å². The van der Waals surface area contributed by atoms with Crippen molar-refractivity contribution >= 4 is 34.8 Å². The first kappa shape index (κ1) is 31.5. The second kappa shape index (κ2) is 13.1. The minimum Gasteiger partial charge on any atom is -0.587 e. The summed E-state index contributed by atoms with van der Waals surface area (Å²) in [6, 6.07) is 0. The van der Waals surface area contributed by atoms with Crippen molar-refractivity contribution in [3.05, 3.63) is 23.0 Å². The zero-order chi connectivity index (χ0) is 30.9. The molecule has 0 aromatic rings. The highest BCUT2D eigenvalue weighted by atomic mass is 32.2. The first-order valence-corrected chi connectivity index (χ1v) is 18.1. The van der Waals surface area contributed by atoms with E-state index in [2.05, 4.69) is 33.8 Å². The van der Waals surface area contributed by atoms with Crippen molar-refractivity contribution in [2.45, 2.75) is 110 Å². The molecule has 0 radical (unpaired) electrons. The van der Waals surface area contributed by atoms with Gasteiger partial charge in [-0.2, -0.15) is 9.71 Å². The summed E-state index contributed by atoms with van der Waals surface area (Å²) in [5.74, 6) is 3.53. The lowest BCUT2D eigenvalue weighted by Gasteiger charge is -2.37. The Balaban J connectivity index is 1.23. The van der Waals surface area contributed by atoms with Gasteiger partial charge in [0.2, 0.25) is 5.90 Å². The number of nitrogens with zero attached hydrogens (tertiary/aromatic N) is 5. The number of carbonyl (C=O) groups is 1. The van der Waals surface area contributed by atoms with Gasteiger partial charge in [0.25, 0.3) is 10.9 Å². The fourth-order valence-electron chi connectivity index (χ4n) is 7.88. The van der Waals surface area contributed by atoms with Gasteiger partial charge in [0, 0.05) is 31.5 Å². The SMILES string of the molecule is C/C=C(\N=C1/C(CC)C(=O)N[S+]([O-])C2=CCCC(=N2)NCCC[C@@H]2CN1C(C)(C)C2)N1CCC(OCCC2CCC23CC3)=N1. The Bertz CT molecular complexity index is 1250. The number of hydrogen-bond donors (Lipinski definition) is 2. The maximum absolute atomic E-state index is 13.9. The number of ether oxygens (including phenoxy) is 1. The van der Waals surface area contributed by atoms with Crippen molar-refractivity contribution in [2.75, 3.05) is 26.2 Å². The van der Waals surface area contributed by atoms with Gasteiger partial charge in [-0.1, -0.05) is 6.92 Å². The molecule has 2 aliphatic carbocycles. The van der Waals surface area contributed by atoms with Crippen LogP contribution in [0.1, 0.15) is 105 Å². The Morgan fingerprint density at radius 3 is 2.84 bits per heavy atom. The number of allylic oxidation sites excluding steroid dienone is 2. The quantitative estimate of drug-likeness (QED) is 0.393. The fraction of sp³-hybridized carbons (Fsp3) is 0.758. The van der Waals surface area contributed by atoms with Crippen LogP contribution < -0.4 is 10.0 Å². The second-order valence-corrected chi connectivity index (χ2v) is 15.3. The minimum absolute atomic E-state index is 0.175. The molecule has 4 heterocycles. The molecule has 2 saturated carbocycles. The highest BCUT2D eigenvalue weighted by molar-refractivity contribution is 7.93. The van der Waals surface area contributed by atoms with E-state index in [1.807, 2.05) is 31.0 Å². The third-order valence-corrected chi connectivity index (χ3v) is 11.7. The van der Waals surface area contributed by atoms with Gasteiger partial charge in [-0.15, -0.1) is 5.10 Å². The summed E-state index contributed by atoms with van der Waals surface area (Å²) < 4.78 is 22.3. The number of rotatable bonds is 6. The Morgan fingerprint density at radius 1 is 1.27 bits per heavy atom. The van der Waals surface area contributed by atoms with Gasteiger partial charge in [0.15, 0.2) is 0 Å². The molecule has 4 bridgehead atoms. The van der Waals surface area contributed by atoms with Crippen LogP contribution in [0, 0.1) is 23.2 Å². The van der Waals surface area contributed by atoms with E-state index in [1.54, 1.807) is 0 Å². The Morgan fingerprint density at radius 2 is 2.11 bits per heavy atom. The maximum atomic E-state index is 13.9. The third-order valence-electron chi connectivity index (χ3n) is 10.7. The second-order valence-electron chi connectivity index (χ2n) is 14.1. The molecule has 1 saturated heterocycles. The Kier molecular flexibility index (Phi) is 9.34. The fourth-order valence-corrected chi connectivity index (χ4v) is 8.77. The van der Waals surface area contributed by atoms with Crippen LogP contribution in [0.3, 0.4) is 0 Å². The van der Waals surface area contributed by atoms with Crippen molar-refractivity contribution in [1.82, 2.24) is 19.9 Å². The molecule has 1 amide bonds. The van der Waals surface area contributed by atoms with Crippen LogP contribution in [0.4, 0.5) is 0 Å². The zero-order valence-corrected chi connectivity index (χ0v) is 27.9. The summed E-state index contributed by atoms with van der Waals surface area (Å²) in [6.07, 6.45) is 16.5.